The number of fused-ring (bicyclic) bond motifs is 3. The lowest BCUT2D eigenvalue weighted by molar-refractivity contribution is 0.102. The number of carbonyl (C=O) groups is 1. The molecular weight excluding hydrogens is 398 g/mol. The summed E-state index contributed by atoms with van der Waals surface area (Å²) < 4.78 is 8.26. The topological polar surface area (TPSA) is 56.1 Å². The maximum absolute atomic E-state index is 13.3. The Kier molecular flexibility index (Phi) is 5.30. The number of nitrogens with zero attached hydrogens (tertiary/aromatic N) is 2. The number of nitrogens with one attached hydrogen (secondary N) is 1. The van der Waals surface area contributed by atoms with E-state index in [9.17, 15) is 4.79 Å². The molecule has 0 fully saturated rings. The predicted molar refractivity (Wildman–Crippen MR) is 128 cm³/mol. The van der Waals surface area contributed by atoms with Crippen molar-refractivity contribution in [1.82, 2.24) is 9.55 Å². The lowest BCUT2D eigenvalue weighted by Crippen LogP contribution is -2.12. The van der Waals surface area contributed by atoms with Crippen LogP contribution >= 0.6 is 0 Å². The first-order valence-corrected chi connectivity index (χ1v) is 10.7. The third kappa shape index (κ3) is 3.58. The number of carbonyl (C=O) groups excluding carboxylic acids is 1. The van der Waals surface area contributed by atoms with Gasteiger partial charge < -0.3 is 14.6 Å². The molecule has 5 nitrogen and oxygen atoms in total. The standard InChI is InChI=1S/C27H23N3O2/c1-2-32-24-13-12-22(27(31)29-20-14-16-28-17-15-20)25-21-10-6-7-11-23(21)30(26(24)25)18-19-8-4-3-5-9-19/h3-17H,2,18H2,1H3,(H,28,29,31). The van der Waals surface area contributed by atoms with Crippen molar-refractivity contribution in [2.75, 3.05) is 11.9 Å². The molecule has 1 N–H and O–H groups in total. The molecule has 3 aromatic carbocycles. The minimum atomic E-state index is -0.160. The zero-order valence-electron chi connectivity index (χ0n) is 17.8. The minimum Gasteiger partial charge on any atom is -0.492 e. The van der Waals surface area contributed by atoms with Gasteiger partial charge in [-0.15, -0.1) is 0 Å². The largest absolute Gasteiger partial charge is 0.492 e. The highest BCUT2D eigenvalue weighted by atomic mass is 16.5. The van der Waals surface area contributed by atoms with Gasteiger partial charge in [-0.1, -0.05) is 48.5 Å². The summed E-state index contributed by atoms with van der Waals surface area (Å²) in [5.74, 6) is 0.613. The maximum atomic E-state index is 13.3. The normalized spacial score (nSPS) is 11.0. The van der Waals surface area contributed by atoms with Crippen LogP contribution in [0.1, 0.15) is 22.8 Å². The molecule has 0 unspecified atom stereocenters. The quantitative estimate of drug-likeness (QED) is 0.372. The highest BCUT2D eigenvalue weighted by molar-refractivity contribution is 6.22. The molecule has 2 aromatic heterocycles. The van der Waals surface area contributed by atoms with E-state index in [4.69, 9.17) is 4.74 Å². The van der Waals surface area contributed by atoms with Crippen LogP contribution < -0.4 is 10.1 Å². The highest BCUT2D eigenvalue weighted by Crippen LogP contribution is 2.38. The molecule has 0 aliphatic carbocycles. The van der Waals surface area contributed by atoms with Crippen LogP contribution in [0.2, 0.25) is 0 Å². The number of anilines is 1. The fourth-order valence-corrected chi connectivity index (χ4v) is 4.18. The van der Waals surface area contributed by atoms with Crippen molar-refractivity contribution in [2.24, 2.45) is 0 Å². The van der Waals surface area contributed by atoms with E-state index in [2.05, 4.69) is 39.1 Å². The summed E-state index contributed by atoms with van der Waals surface area (Å²) in [6.45, 7) is 3.20. The van der Waals surface area contributed by atoms with Crippen LogP contribution in [0, 0.1) is 0 Å². The third-order valence-electron chi connectivity index (χ3n) is 5.54. The minimum absolute atomic E-state index is 0.160. The Morgan fingerprint density at radius 3 is 2.47 bits per heavy atom. The zero-order valence-corrected chi connectivity index (χ0v) is 17.8. The number of aromatic nitrogens is 2. The molecule has 5 heteroatoms. The van der Waals surface area contributed by atoms with E-state index in [1.807, 2.05) is 49.4 Å². The fourth-order valence-electron chi connectivity index (χ4n) is 4.18. The number of rotatable bonds is 6. The van der Waals surface area contributed by atoms with Crippen molar-refractivity contribution in [1.29, 1.82) is 0 Å². The third-order valence-corrected chi connectivity index (χ3v) is 5.54. The lowest BCUT2D eigenvalue weighted by atomic mass is 10.0. The lowest BCUT2D eigenvalue weighted by Gasteiger charge is -2.13. The van der Waals surface area contributed by atoms with Gasteiger partial charge in [-0.25, -0.2) is 0 Å². The summed E-state index contributed by atoms with van der Waals surface area (Å²) in [7, 11) is 0. The summed E-state index contributed by atoms with van der Waals surface area (Å²) in [6, 6.07) is 25.8. The first-order valence-electron chi connectivity index (χ1n) is 10.7. The van der Waals surface area contributed by atoms with Crippen LogP contribution in [0.5, 0.6) is 5.75 Å². The Bertz CT molecular complexity index is 1390. The van der Waals surface area contributed by atoms with E-state index in [0.29, 0.717) is 24.4 Å². The number of hydrogen-bond donors (Lipinski definition) is 1. The van der Waals surface area contributed by atoms with E-state index < -0.39 is 0 Å². The Hall–Kier alpha value is -4.12. The molecule has 0 spiro atoms. The van der Waals surface area contributed by atoms with Crippen molar-refractivity contribution in [3.63, 3.8) is 0 Å². The van der Waals surface area contributed by atoms with Gasteiger partial charge in [0.25, 0.3) is 5.91 Å². The predicted octanol–water partition coefficient (Wildman–Crippen LogP) is 5.89. The number of hydrogen-bond acceptors (Lipinski definition) is 3. The van der Waals surface area contributed by atoms with Crippen molar-refractivity contribution in [3.8, 4) is 5.75 Å². The van der Waals surface area contributed by atoms with Gasteiger partial charge in [0.2, 0.25) is 0 Å². The second kappa shape index (κ2) is 8.55. The van der Waals surface area contributed by atoms with Gasteiger partial charge in [-0.3, -0.25) is 9.78 Å². The first kappa shape index (κ1) is 19.8. The number of ether oxygens (including phenoxy) is 1. The van der Waals surface area contributed by atoms with Crippen molar-refractivity contribution in [2.45, 2.75) is 13.5 Å². The number of para-hydroxylation sites is 1. The molecular formula is C27H23N3O2. The van der Waals surface area contributed by atoms with Crippen LogP contribution in [-0.2, 0) is 6.54 Å². The molecule has 2 heterocycles. The smallest absolute Gasteiger partial charge is 0.256 e. The molecule has 0 saturated carbocycles. The molecule has 158 valence electrons. The first-order chi connectivity index (χ1) is 15.8. The van der Waals surface area contributed by atoms with Crippen molar-refractivity contribution < 1.29 is 9.53 Å². The highest BCUT2D eigenvalue weighted by Gasteiger charge is 2.21. The summed E-state index contributed by atoms with van der Waals surface area (Å²) in [5, 5.41) is 4.92. The van der Waals surface area contributed by atoms with Crippen molar-refractivity contribution in [3.05, 3.63) is 102 Å². The molecule has 1 amide bonds. The SMILES string of the molecule is CCOc1ccc(C(=O)Nc2ccncc2)c2c3ccccc3n(Cc3ccccc3)c12. The van der Waals surface area contributed by atoms with Gasteiger partial charge in [0.1, 0.15) is 5.75 Å². The second-order valence-corrected chi connectivity index (χ2v) is 7.55. The monoisotopic (exact) mass is 421 g/mol. The van der Waals surface area contributed by atoms with E-state index in [0.717, 1.165) is 27.6 Å². The molecule has 5 rings (SSSR count). The molecule has 0 saturated heterocycles. The van der Waals surface area contributed by atoms with Gasteiger partial charge in [0.15, 0.2) is 0 Å². The van der Waals surface area contributed by atoms with Gasteiger partial charge in [-0.2, -0.15) is 0 Å². The van der Waals surface area contributed by atoms with E-state index in [-0.39, 0.29) is 5.91 Å². The molecule has 0 aliphatic rings. The average Bonchev–Trinajstić information content (AvgIpc) is 3.15. The van der Waals surface area contributed by atoms with Gasteiger partial charge in [0, 0.05) is 46.5 Å². The summed E-state index contributed by atoms with van der Waals surface area (Å²) >= 11 is 0. The molecule has 5 aromatic rings. The van der Waals surface area contributed by atoms with Crippen LogP contribution in [0.25, 0.3) is 21.8 Å². The van der Waals surface area contributed by atoms with Crippen LogP contribution in [0.4, 0.5) is 5.69 Å². The average molecular weight is 422 g/mol. The molecule has 0 aliphatic heterocycles. The van der Waals surface area contributed by atoms with Gasteiger partial charge in [-0.05, 0) is 42.8 Å². The molecule has 0 atom stereocenters. The maximum Gasteiger partial charge on any atom is 0.256 e. The van der Waals surface area contributed by atoms with Crippen LogP contribution in [0.3, 0.4) is 0 Å². The van der Waals surface area contributed by atoms with E-state index in [1.54, 1.807) is 24.5 Å². The van der Waals surface area contributed by atoms with Crippen molar-refractivity contribution >= 4 is 33.4 Å². The Morgan fingerprint density at radius 1 is 0.938 bits per heavy atom. The molecule has 0 radical (unpaired) electrons. The summed E-state index contributed by atoms with van der Waals surface area (Å²) in [5.41, 5.74) is 4.50. The number of benzene rings is 3. The van der Waals surface area contributed by atoms with Gasteiger partial charge >= 0.3 is 0 Å². The van der Waals surface area contributed by atoms with E-state index in [1.165, 1.54) is 5.56 Å². The summed E-state index contributed by atoms with van der Waals surface area (Å²) in [4.78, 5) is 17.3. The molecule has 32 heavy (non-hydrogen) atoms. The Balaban J connectivity index is 1.74. The zero-order chi connectivity index (χ0) is 21.9. The fraction of sp³-hybridized carbons (Fsp3) is 0.111. The summed E-state index contributed by atoms with van der Waals surface area (Å²) in [6.07, 6.45) is 3.32. The van der Waals surface area contributed by atoms with Crippen LogP contribution in [0.15, 0.2) is 91.3 Å². The van der Waals surface area contributed by atoms with Crippen LogP contribution in [-0.4, -0.2) is 22.1 Å². The number of pyridine rings is 1. The Morgan fingerprint density at radius 2 is 1.69 bits per heavy atom. The Labute approximate surface area is 186 Å². The molecule has 0 bridgehead atoms. The second-order valence-electron chi connectivity index (χ2n) is 7.55. The van der Waals surface area contributed by atoms with Gasteiger partial charge in [0.05, 0.1) is 12.1 Å². The van der Waals surface area contributed by atoms with E-state index >= 15 is 0 Å². The number of amides is 1.